The molecule has 0 N–H and O–H groups in total. The van der Waals surface area contributed by atoms with E-state index in [-0.39, 0.29) is 19.1 Å². The second-order valence-corrected chi connectivity index (χ2v) is 6.83. The zero-order valence-electron chi connectivity index (χ0n) is 14.4. The first-order valence-electron chi connectivity index (χ1n) is 8.71. The summed E-state index contributed by atoms with van der Waals surface area (Å²) in [6, 6.07) is 1.25. The summed E-state index contributed by atoms with van der Waals surface area (Å²) in [4.78, 5) is 23.9. The molecule has 2 aliphatic rings. The zero-order valence-corrected chi connectivity index (χ0v) is 14.4. The number of benzene rings is 1. The quantitative estimate of drug-likeness (QED) is 0.578. The average Bonchev–Trinajstić information content (AvgIpc) is 3.14. The Hall–Kier alpha value is -2.43. The third-order valence-electron chi connectivity index (χ3n) is 5.23. The van der Waals surface area contributed by atoms with Crippen molar-refractivity contribution < 1.29 is 23.0 Å². The Morgan fingerprint density at radius 3 is 2.04 bits per heavy atom. The number of alkyl halides is 3. The van der Waals surface area contributed by atoms with Crippen molar-refractivity contribution in [1.29, 1.82) is 0 Å². The molecule has 0 aliphatic carbocycles. The van der Waals surface area contributed by atoms with Crippen LogP contribution in [0.1, 0.15) is 31.2 Å². The van der Waals surface area contributed by atoms with Gasteiger partial charge in [0.2, 0.25) is 0 Å². The number of anilines is 1. The van der Waals surface area contributed by atoms with Crippen LogP contribution < -0.4 is 4.90 Å². The Kier molecular flexibility index (Phi) is 5.22. The Balaban J connectivity index is 1.96. The molecular weight excluding hydrogens is 369 g/mol. The lowest BCUT2D eigenvalue weighted by Crippen LogP contribution is -2.44. The van der Waals surface area contributed by atoms with E-state index >= 15 is 0 Å². The predicted octanol–water partition coefficient (Wildman–Crippen LogP) is 3.59. The van der Waals surface area contributed by atoms with E-state index in [1.165, 1.54) is 4.90 Å². The number of piperidine rings is 1. The van der Waals surface area contributed by atoms with Crippen LogP contribution in [0.5, 0.6) is 0 Å². The molecule has 0 aromatic heterocycles. The number of nitrogens with zero attached hydrogens (tertiary/aromatic N) is 4. The van der Waals surface area contributed by atoms with Gasteiger partial charge in [-0.15, -0.1) is 0 Å². The van der Waals surface area contributed by atoms with Crippen molar-refractivity contribution in [3.05, 3.63) is 37.9 Å². The lowest BCUT2D eigenvalue weighted by molar-refractivity contribution is -0.394. The first-order chi connectivity index (χ1) is 12.7. The number of non-ortho nitro benzene ring substituents is 1. The number of likely N-dealkylation sites (tertiary alicyclic amines) is 1. The van der Waals surface area contributed by atoms with Crippen LogP contribution >= 0.6 is 0 Å². The summed E-state index contributed by atoms with van der Waals surface area (Å²) in [6.07, 6.45) is -1.52. The second-order valence-electron chi connectivity index (χ2n) is 6.83. The highest BCUT2D eigenvalue weighted by molar-refractivity contribution is 5.72. The summed E-state index contributed by atoms with van der Waals surface area (Å²) in [5.41, 5.74) is -3.72. The zero-order chi connectivity index (χ0) is 19.8. The molecule has 11 heteroatoms. The molecule has 2 aliphatic heterocycles. The van der Waals surface area contributed by atoms with E-state index in [0.29, 0.717) is 25.0 Å². The van der Waals surface area contributed by atoms with Crippen molar-refractivity contribution >= 4 is 17.1 Å². The summed E-state index contributed by atoms with van der Waals surface area (Å²) in [5.74, 6) is 0. The molecule has 1 aromatic carbocycles. The molecule has 0 amide bonds. The Morgan fingerprint density at radius 2 is 1.56 bits per heavy atom. The van der Waals surface area contributed by atoms with Crippen molar-refractivity contribution in [3.8, 4) is 0 Å². The molecule has 1 aromatic rings. The molecule has 3 rings (SSSR count). The maximum absolute atomic E-state index is 13.5. The summed E-state index contributed by atoms with van der Waals surface area (Å²) < 4.78 is 40.6. The highest BCUT2D eigenvalue weighted by atomic mass is 19.4. The van der Waals surface area contributed by atoms with E-state index in [1.54, 1.807) is 0 Å². The first kappa shape index (κ1) is 19.3. The third-order valence-corrected chi connectivity index (χ3v) is 5.23. The summed E-state index contributed by atoms with van der Waals surface area (Å²) >= 11 is 0. The molecule has 148 valence electrons. The Morgan fingerprint density at radius 1 is 0.963 bits per heavy atom. The van der Waals surface area contributed by atoms with Crippen LogP contribution in [0.3, 0.4) is 0 Å². The van der Waals surface area contributed by atoms with Gasteiger partial charge in [-0.2, -0.15) is 13.2 Å². The molecule has 8 nitrogen and oxygen atoms in total. The van der Waals surface area contributed by atoms with Crippen LogP contribution in [0.25, 0.3) is 0 Å². The van der Waals surface area contributed by atoms with E-state index < -0.39 is 38.6 Å². The van der Waals surface area contributed by atoms with E-state index in [2.05, 4.69) is 4.90 Å². The van der Waals surface area contributed by atoms with Gasteiger partial charge in [-0.05, 0) is 38.8 Å². The van der Waals surface area contributed by atoms with Crippen molar-refractivity contribution in [2.45, 2.75) is 37.9 Å². The Bertz CT molecular complexity index is 742. The second kappa shape index (κ2) is 7.29. The average molecular weight is 388 g/mol. The highest BCUT2D eigenvalue weighted by Gasteiger charge is 2.42. The van der Waals surface area contributed by atoms with Gasteiger partial charge in [0.1, 0.15) is 5.69 Å². The minimum atomic E-state index is -4.93. The number of hydrogen-bond donors (Lipinski definition) is 0. The van der Waals surface area contributed by atoms with Gasteiger partial charge in [0.15, 0.2) is 0 Å². The predicted molar refractivity (Wildman–Crippen MR) is 90.8 cm³/mol. The summed E-state index contributed by atoms with van der Waals surface area (Å²) in [7, 11) is 0. The molecule has 27 heavy (non-hydrogen) atoms. The number of nitro groups is 2. The fourth-order valence-electron chi connectivity index (χ4n) is 3.96. The minimum absolute atomic E-state index is 0.239. The fraction of sp³-hybridized carbons (Fsp3) is 0.625. The molecule has 0 atom stereocenters. The van der Waals surface area contributed by atoms with Gasteiger partial charge in [-0.3, -0.25) is 20.2 Å². The van der Waals surface area contributed by atoms with E-state index in [9.17, 15) is 33.4 Å². The molecule has 0 radical (unpaired) electrons. The molecule has 2 saturated heterocycles. The molecular formula is C16H19F3N4O4. The molecule has 0 spiro atoms. The standard InChI is InChI=1S/C16H19F3N4O4/c17-16(18,19)13-9-12(22(24)25)10-14(23(26)27)15(13)21-7-3-11(4-8-21)20-5-1-2-6-20/h9-11H,1-8H2. The number of rotatable bonds is 4. The number of halogens is 3. The SMILES string of the molecule is O=[N+]([O-])c1cc([N+](=O)[O-])c(N2CCC(N3CCCC3)CC2)c(C(F)(F)F)c1. The number of nitro benzene ring substituents is 2. The van der Waals surface area contributed by atoms with Gasteiger partial charge < -0.3 is 9.80 Å². The normalized spacial score (nSPS) is 19.4. The van der Waals surface area contributed by atoms with Gasteiger partial charge >= 0.3 is 6.18 Å². The molecule has 0 unspecified atom stereocenters. The van der Waals surface area contributed by atoms with Crippen molar-refractivity contribution in [2.75, 3.05) is 31.1 Å². The van der Waals surface area contributed by atoms with Gasteiger partial charge in [-0.1, -0.05) is 0 Å². The van der Waals surface area contributed by atoms with Gasteiger partial charge in [0.25, 0.3) is 11.4 Å². The van der Waals surface area contributed by atoms with Crippen molar-refractivity contribution in [2.24, 2.45) is 0 Å². The molecule has 2 fully saturated rings. The largest absolute Gasteiger partial charge is 0.418 e. The van der Waals surface area contributed by atoms with E-state index in [4.69, 9.17) is 0 Å². The van der Waals surface area contributed by atoms with Crippen LogP contribution in [-0.2, 0) is 6.18 Å². The summed E-state index contributed by atoms with van der Waals surface area (Å²) in [6.45, 7) is 2.41. The monoisotopic (exact) mass is 388 g/mol. The fourth-order valence-corrected chi connectivity index (χ4v) is 3.96. The maximum Gasteiger partial charge on any atom is 0.418 e. The minimum Gasteiger partial charge on any atom is -0.365 e. The van der Waals surface area contributed by atoms with E-state index in [1.807, 2.05) is 0 Å². The lowest BCUT2D eigenvalue weighted by atomic mass is 10.0. The Labute approximate surface area is 152 Å². The van der Waals surface area contributed by atoms with Crippen LogP contribution in [0.4, 0.5) is 30.2 Å². The van der Waals surface area contributed by atoms with Crippen LogP contribution in [0, 0.1) is 20.2 Å². The van der Waals surface area contributed by atoms with Gasteiger partial charge in [0.05, 0.1) is 21.5 Å². The van der Waals surface area contributed by atoms with Gasteiger partial charge in [0, 0.05) is 25.2 Å². The smallest absolute Gasteiger partial charge is 0.365 e. The van der Waals surface area contributed by atoms with E-state index in [0.717, 1.165) is 25.9 Å². The topological polar surface area (TPSA) is 92.8 Å². The maximum atomic E-state index is 13.5. The third kappa shape index (κ3) is 3.97. The first-order valence-corrected chi connectivity index (χ1v) is 8.71. The van der Waals surface area contributed by atoms with Crippen molar-refractivity contribution in [3.63, 3.8) is 0 Å². The summed E-state index contributed by atoms with van der Waals surface area (Å²) in [5, 5.41) is 22.3. The lowest BCUT2D eigenvalue weighted by Gasteiger charge is -2.38. The van der Waals surface area contributed by atoms with Crippen molar-refractivity contribution in [1.82, 2.24) is 4.90 Å². The van der Waals surface area contributed by atoms with Crippen LogP contribution in [0.2, 0.25) is 0 Å². The van der Waals surface area contributed by atoms with Crippen LogP contribution in [0.15, 0.2) is 12.1 Å². The molecule has 0 bridgehead atoms. The van der Waals surface area contributed by atoms with Crippen LogP contribution in [-0.4, -0.2) is 47.0 Å². The number of hydrogen-bond acceptors (Lipinski definition) is 6. The van der Waals surface area contributed by atoms with Gasteiger partial charge in [-0.25, -0.2) is 0 Å². The molecule has 2 heterocycles. The highest BCUT2D eigenvalue weighted by Crippen LogP contribution is 2.45. The molecule has 0 saturated carbocycles.